The molecule has 2 fully saturated rings. The van der Waals surface area contributed by atoms with Gasteiger partial charge in [0.2, 0.25) is 0 Å². The molecule has 164 valence electrons. The second-order valence-corrected chi connectivity index (χ2v) is 9.63. The van der Waals surface area contributed by atoms with Crippen LogP contribution in [0.2, 0.25) is 0 Å². The normalized spacial score (nSPS) is 29.8. The van der Waals surface area contributed by atoms with Crippen molar-refractivity contribution in [2.75, 3.05) is 13.4 Å². The number of esters is 1. The standard InChI is InChI=1S/C19H30N2O7S/c1-7-19(29-6,21-16(26)28-17(2,3)4)14(24)20-18(15(25)27-5)9-8-10-11(12(10)18)13(22)23/h10-12H,7-9H2,1-6H3,(H,20,24)(H,21,26)(H,22,23)/t10-,11-,12-,18-,19?/m0/s1. The molecular formula is C19H30N2O7S. The molecule has 2 aliphatic carbocycles. The van der Waals surface area contributed by atoms with Gasteiger partial charge in [0.1, 0.15) is 11.1 Å². The van der Waals surface area contributed by atoms with E-state index in [1.54, 1.807) is 34.0 Å². The zero-order valence-corrected chi connectivity index (χ0v) is 18.5. The Bertz CT molecular complexity index is 701. The highest BCUT2D eigenvalue weighted by molar-refractivity contribution is 8.00. The van der Waals surface area contributed by atoms with Gasteiger partial charge in [-0.3, -0.25) is 14.9 Å². The molecule has 0 radical (unpaired) electrons. The molecule has 2 rings (SSSR count). The van der Waals surface area contributed by atoms with Gasteiger partial charge in [0.25, 0.3) is 5.91 Å². The highest BCUT2D eigenvalue weighted by Crippen LogP contribution is 2.62. The van der Waals surface area contributed by atoms with Gasteiger partial charge < -0.3 is 19.9 Å². The molecule has 0 aromatic rings. The van der Waals surface area contributed by atoms with E-state index in [0.717, 1.165) is 11.8 Å². The van der Waals surface area contributed by atoms with Crippen molar-refractivity contribution >= 4 is 35.7 Å². The Morgan fingerprint density at radius 1 is 1.24 bits per heavy atom. The van der Waals surface area contributed by atoms with Gasteiger partial charge in [-0.15, -0.1) is 11.8 Å². The second kappa shape index (κ2) is 8.04. The van der Waals surface area contributed by atoms with Crippen molar-refractivity contribution in [3.8, 4) is 0 Å². The third-order valence-electron chi connectivity index (χ3n) is 5.70. The van der Waals surface area contributed by atoms with E-state index in [-0.39, 0.29) is 12.3 Å². The first-order chi connectivity index (χ1) is 13.4. The summed E-state index contributed by atoms with van der Waals surface area (Å²) >= 11 is 1.11. The lowest BCUT2D eigenvalue weighted by atomic mass is 9.89. The quantitative estimate of drug-likeness (QED) is 0.411. The van der Waals surface area contributed by atoms with E-state index < -0.39 is 51.8 Å². The Morgan fingerprint density at radius 2 is 1.86 bits per heavy atom. The molecule has 10 heteroatoms. The Labute approximate surface area is 174 Å². The van der Waals surface area contributed by atoms with Crippen molar-refractivity contribution in [2.24, 2.45) is 17.8 Å². The van der Waals surface area contributed by atoms with Crippen LogP contribution in [0.5, 0.6) is 0 Å². The second-order valence-electron chi connectivity index (χ2n) is 8.52. The van der Waals surface area contributed by atoms with Crippen LogP contribution in [0.25, 0.3) is 0 Å². The van der Waals surface area contributed by atoms with Crippen LogP contribution >= 0.6 is 11.8 Å². The molecule has 5 atom stereocenters. The summed E-state index contributed by atoms with van der Waals surface area (Å²) in [5.41, 5.74) is -2.15. The number of fused-ring (bicyclic) bond motifs is 1. The number of carbonyl (C=O) groups excluding carboxylic acids is 3. The molecule has 9 nitrogen and oxygen atoms in total. The van der Waals surface area contributed by atoms with Gasteiger partial charge in [0.15, 0.2) is 4.87 Å². The Kier molecular flexibility index (Phi) is 6.46. The van der Waals surface area contributed by atoms with E-state index in [1.807, 2.05) is 0 Å². The molecule has 2 amide bonds. The molecule has 2 saturated carbocycles. The molecule has 0 spiro atoms. The van der Waals surface area contributed by atoms with Gasteiger partial charge in [-0.05, 0) is 52.2 Å². The molecule has 0 heterocycles. The summed E-state index contributed by atoms with van der Waals surface area (Å²) in [6, 6.07) is 0. The number of rotatable bonds is 7. The highest BCUT2D eigenvalue weighted by atomic mass is 32.2. The zero-order valence-electron chi connectivity index (χ0n) is 17.7. The summed E-state index contributed by atoms with van der Waals surface area (Å²) in [6.07, 6.45) is 1.95. The molecule has 0 bridgehead atoms. The lowest BCUT2D eigenvalue weighted by molar-refractivity contribution is -0.153. The maximum absolute atomic E-state index is 13.3. The molecular weight excluding hydrogens is 400 g/mol. The number of hydrogen-bond donors (Lipinski definition) is 3. The number of ether oxygens (including phenoxy) is 2. The highest BCUT2D eigenvalue weighted by Gasteiger charge is 2.72. The van der Waals surface area contributed by atoms with Crippen molar-refractivity contribution in [3.05, 3.63) is 0 Å². The minimum atomic E-state index is -1.41. The molecule has 3 N–H and O–H groups in total. The lowest BCUT2D eigenvalue weighted by Gasteiger charge is -2.37. The number of methoxy groups -OCH3 is 1. The van der Waals surface area contributed by atoms with Crippen LogP contribution in [-0.2, 0) is 23.9 Å². The number of alkyl carbamates (subject to hydrolysis) is 1. The van der Waals surface area contributed by atoms with Crippen molar-refractivity contribution in [1.29, 1.82) is 0 Å². The van der Waals surface area contributed by atoms with E-state index in [9.17, 15) is 24.3 Å². The Morgan fingerprint density at radius 3 is 2.28 bits per heavy atom. The van der Waals surface area contributed by atoms with Crippen molar-refractivity contribution in [3.63, 3.8) is 0 Å². The van der Waals surface area contributed by atoms with E-state index >= 15 is 0 Å². The van der Waals surface area contributed by atoms with Gasteiger partial charge in [0, 0.05) is 5.92 Å². The summed E-state index contributed by atoms with van der Waals surface area (Å²) in [7, 11) is 1.21. The first kappa shape index (κ1) is 23.3. The molecule has 0 aromatic carbocycles. The van der Waals surface area contributed by atoms with Crippen LogP contribution in [0.4, 0.5) is 4.79 Å². The Hall–Kier alpha value is -1.97. The van der Waals surface area contributed by atoms with Gasteiger partial charge in [-0.25, -0.2) is 9.59 Å². The minimum absolute atomic E-state index is 0.170. The van der Waals surface area contributed by atoms with Gasteiger partial charge >= 0.3 is 18.0 Å². The first-order valence-electron chi connectivity index (χ1n) is 9.57. The summed E-state index contributed by atoms with van der Waals surface area (Å²) in [5, 5.41) is 14.8. The van der Waals surface area contributed by atoms with Crippen LogP contribution in [-0.4, -0.2) is 58.4 Å². The van der Waals surface area contributed by atoms with E-state index in [0.29, 0.717) is 12.8 Å². The summed E-state index contributed by atoms with van der Waals surface area (Å²) < 4.78 is 10.2. The number of aliphatic carboxylic acids is 1. The average molecular weight is 431 g/mol. The van der Waals surface area contributed by atoms with Gasteiger partial charge in [-0.1, -0.05) is 6.92 Å². The minimum Gasteiger partial charge on any atom is -0.481 e. The van der Waals surface area contributed by atoms with Crippen molar-refractivity contribution < 1.29 is 33.8 Å². The number of hydrogen-bond acceptors (Lipinski definition) is 7. The molecule has 0 saturated heterocycles. The van der Waals surface area contributed by atoms with E-state index in [4.69, 9.17) is 9.47 Å². The third kappa shape index (κ3) is 4.31. The monoisotopic (exact) mass is 430 g/mol. The van der Waals surface area contributed by atoms with Crippen molar-refractivity contribution in [2.45, 2.75) is 63.0 Å². The third-order valence-corrected chi connectivity index (χ3v) is 6.97. The maximum Gasteiger partial charge on any atom is 0.409 e. The van der Waals surface area contributed by atoms with Gasteiger partial charge in [-0.2, -0.15) is 0 Å². The zero-order chi connectivity index (χ0) is 22.2. The average Bonchev–Trinajstić information content (AvgIpc) is 3.26. The first-order valence-corrected chi connectivity index (χ1v) is 10.8. The molecule has 0 aromatic heterocycles. The number of carbonyl (C=O) groups is 4. The SMILES string of the molecule is CCC(NC(=O)OC(C)(C)C)(SC)C(=O)N[C@@]1(C(=O)OC)CC[C@H]2[C@H](C(=O)O)[C@H]21. The lowest BCUT2D eigenvalue weighted by Crippen LogP contribution is -2.64. The fourth-order valence-corrected chi connectivity index (χ4v) is 5.00. The number of nitrogens with one attached hydrogen (secondary N) is 2. The fourth-order valence-electron chi connectivity index (χ4n) is 4.29. The van der Waals surface area contributed by atoms with Gasteiger partial charge in [0.05, 0.1) is 13.0 Å². The largest absolute Gasteiger partial charge is 0.481 e. The van der Waals surface area contributed by atoms with E-state index in [2.05, 4.69) is 10.6 Å². The molecule has 1 unspecified atom stereocenters. The fraction of sp³-hybridized carbons (Fsp3) is 0.789. The topological polar surface area (TPSA) is 131 Å². The van der Waals surface area contributed by atoms with Crippen LogP contribution < -0.4 is 10.6 Å². The predicted molar refractivity (Wildman–Crippen MR) is 106 cm³/mol. The van der Waals surface area contributed by atoms with Crippen LogP contribution in [0.1, 0.15) is 47.0 Å². The summed E-state index contributed by atoms with van der Waals surface area (Å²) in [5.74, 6) is -3.61. The van der Waals surface area contributed by atoms with Crippen molar-refractivity contribution in [1.82, 2.24) is 10.6 Å². The number of carboxylic acids is 1. The van der Waals surface area contributed by atoms with Crippen LogP contribution in [0.3, 0.4) is 0 Å². The predicted octanol–water partition coefficient (Wildman–Crippen LogP) is 1.75. The summed E-state index contributed by atoms with van der Waals surface area (Å²) in [4.78, 5) is 48.4. The number of thioether (sulfide) groups is 1. The van der Waals surface area contributed by atoms with Crippen LogP contribution in [0.15, 0.2) is 0 Å². The summed E-state index contributed by atoms with van der Waals surface area (Å²) in [6.45, 7) is 6.86. The number of carboxylic acid groups (broad SMARTS) is 1. The van der Waals surface area contributed by atoms with Crippen LogP contribution in [0, 0.1) is 17.8 Å². The number of amides is 2. The smallest absolute Gasteiger partial charge is 0.409 e. The van der Waals surface area contributed by atoms with E-state index in [1.165, 1.54) is 7.11 Å². The molecule has 29 heavy (non-hydrogen) atoms. The molecule has 0 aliphatic heterocycles. The Balaban J connectivity index is 2.28. The maximum atomic E-state index is 13.3. The molecule has 2 aliphatic rings.